The van der Waals surface area contributed by atoms with Crippen molar-refractivity contribution < 1.29 is 14.6 Å². The third-order valence-electron chi connectivity index (χ3n) is 6.86. The highest BCUT2D eigenvalue weighted by atomic mass is 16.7. The van der Waals surface area contributed by atoms with Gasteiger partial charge in [-0.05, 0) is 42.5 Å². The number of aliphatic hydroxyl groups is 1. The van der Waals surface area contributed by atoms with Crippen molar-refractivity contribution in [1.29, 1.82) is 0 Å². The summed E-state index contributed by atoms with van der Waals surface area (Å²) in [6.07, 6.45) is 9.64. The number of fused-ring (bicyclic) bond motifs is 2. The number of piperidine rings is 1. The maximum Gasteiger partial charge on any atom is 0.231 e. The van der Waals surface area contributed by atoms with Crippen molar-refractivity contribution in [3.8, 4) is 11.5 Å². The highest BCUT2D eigenvalue weighted by molar-refractivity contribution is 5.49. The van der Waals surface area contributed by atoms with Crippen LogP contribution in [-0.2, 0) is 0 Å². The Morgan fingerprint density at radius 2 is 1.90 bits per heavy atom. The minimum Gasteiger partial charge on any atom is -0.454 e. The maximum absolute atomic E-state index is 11.4. The average Bonchev–Trinajstić information content (AvgIpc) is 3.22. The first kappa shape index (κ1) is 18.7. The molecule has 0 aromatic heterocycles. The Kier molecular flexibility index (Phi) is 5.06. The highest BCUT2D eigenvalue weighted by Gasteiger charge is 2.48. The van der Waals surface area contributed by atoms with E-state index in [4.69, 9.17) is 9.47 Å². The molecule has 0 bridgehead atoms. The van der Waals surface area contributed by atoms with Gasteiger partial charge in [0.25, 0.3) is 0 Å². The van der Waals surface area contributed by atoms with Gasteiger partial charge in [0.1, 0.15) is 0 Å². The molecule has 1 saturated heterocycles. The molecule has 2 aromatic carbocycles. The van der Waals surface area contributed by atoms with Gasteiger partial charge in [-0.1, -0.05) is 61.4 Å². The molecule has 2 aliphatic heterocycles. The summed E-state index contributed by atoms with van der Waals surface area (Å²) in [5, 5.41) is 11.4. The minimum absolute atomic E-state index is 0.198. The largest absolute Gasteiger partial charge is 0.454 e. The van der Waals surface area contributed by atoms with Crippen molar-refractivity contribution in [3.05, 3.63) is 65.7 Å². The highest BCUT2D eigenvalue weighted by Crippen LogP contribution is 2.50. The van der Waals surface area contributed by atoms with Crippen molar-refractivity contribution in [2.24, 2.45) is 5.92 Å². The Bertz CT molecular complexity index is 881. The molecule has 2 fully saturated rings. The lowest BCUT2D eigenvalue weighted by Crippen LogP contribution is -2.54. The van der Waals surface area contributed by atoms with Crippen LogP contribution in [0.5, 0.6) is 11.5 Å². The third-order valence-corrected chi connectivity index (χ3v) is 6.86. The van der Waals surface area contributed by atoms with E-state index >= 15 is 0 Å². The quantitative estimate of drug-likeness (QED) is 0.813. The van der Waals surface area contributed by atoms with Crippen LogP contribution in [0, 0.1) is 5.92 Å². The molecule has 1 saturated carbocycles. The Morgan fingerprint density at radius 3 is 2.79 bits per heavy atom. The van der Waals surface area contributed by atoms with Gasteiger partial charge < -0.3 is 14.6 Å². The van der Waals surface area contributed by atoms with Crippen LogP contribution in [0.3, 0.4) is 0 Å². The van der Waals surface area contributed by atoms with E-state index in [-0.39, 0.29) is 12.0 Å². The molecule has 1 N–H and O–H groups in total. The molecule has 2 heterocycles. The summed E-state index contributed by atoms with van der Waals surface area (Å²) in [4.78, 5) is 2.53. The van der Waals surface area contributed by atoms with Gasteiger partial charge >= 0.3 is 0 Å². The Morgan fingerprint density at radius 1 is 1.03 bits per heavy atom. The number of likely N-dealkylation sites (tertiary alicyclic amines) is 1. The molecule has 29 heavy (non-hydrogen) atoms. The summed E-state index contributed by atoms with van der Waals surface area (Å²) in [7, 11) is 0. The van der Waals surface area contributed by atoms with Gasteiger partial charge in [0.05, 0.1) is 5.60 Å². The van der Waals surface area contributed by atoms with Crippen LogP contribution in [-0.4, -0.2) is 35.5 Å². The molecule has 4 heteroatoms. The van der Waals surface area contributed by atoms with E-state index in [0.717, 1.165) is 50.3 Å². The average molecular weight is 392 g/mol. The summed E-state index contributed by atoms with van der Waals surface area (Å²) < 4.78 is 11.2. The molecule has 4 nitrogen and oxygen atoms in total. The molecule has 152 valence electrons. The monoisotopic (exact) mass is 391 g/mol. The normalized spacial score (nSPS) is 29.1. The molecule has 3 aliphatic rings. The second-order valence-electron chi connectivity index (χ2n) is 8.57. The van der Waals surface area contributed by atoms with E-state index in [1.807, 2.05) is 12.1 Å². The smallest absolute Gasteiger partial charge is 0.231 e. The summed E-state index contributed by atoms with van der Waals surface area (Å²) in [5.41, 5.74) is 1.91. The SMILES string of the molecule is O[C@@]12CCCC[C@H]1[C@H](c1ccc3c(c1)OCO3)N(C/C=C/c1ccccc1)CC2. The van der Waals surface area contributed by atoms with E-state index in [1.165, 1.54) is 17.5 Å². The first-order chi connectivity index (χ1) is 14.2. The van der Waals surface area contributed by atoms with Gasteiger partial charge in [-0.15, -0.1) is 0 Å². The van der Waals surface area contributed by atoms with E-state index < -0.39 is 5.60 Å². The van der Waals surface area contributed by atoms with Crippen LogP contribution in [0.25, 0.3) is 6.08 Å². The summed E-state index contributed by atoms with van der Waals surface area (Å²) >= 11 is 0. The van der Waals surface area contributed by atoms with Gasteiger partial charge in [-0.25, -0.2) is 0 Å². The number of nitrogens with zero attached hydrogens (tertiary/aromatic N) is 1. The Labute approximate surface area is 172 Å². The van der Waals surface area contributed by atoms with Crippen LogP contribution in [0.2, 0.25) is 0 Å². The second-order valence-corrected chi connectivity index (χ2v) is 8.57. The molecule has 0 amide bonds. The summed E-state index contributed by atoms with van der Waals surface area (Å²) in [6.45, 7) is 2.08. The number of benzene rings is 2. The van der Waals surface area contributed by atoms with Crippen molar-refractivity contribution >= 4 is 6.08 Å². The molecule has 0 unspecified atom stereocenters. The van der Waals surface area contributed by atoms with Gasteiger partial charge in [0.2, 0.25) is 6.79 Å². The van der Waals surface area contributed by atoms with Crippen LogP contribution in [0.15, 0.2) is 54.6 Å². The van der Waals surface area contributed by atoms with Gasteiger partial charge in [-0.3, -0.25) is 4.90 Å². The summed E-state index contributed by atoms with van der Waals surface area (Å²) in [5.74, 6) is 1.90. The van der Waals surface area contributed by atoms with E-state index in [2.05, 4.69) is 53.5 Å². The van der Waals surface area contributed by atoms with Gasteiger partial charge in [0, 0.05) is 25.0 Å². The molecule has 3 atom stereocenters. The van der Waals surface area contributed by atoms with Crippen LogP contribution in [0.1, 0.15) is 49.3 Å². The van der Waals surface area contributed by atoms with Crippen LogP contribution >= 0.6 is 0 Å². The first-order valence-corrected chi connectivity index (χ1v) is 10.8. The fourth-order valence-electron chi connectivity index (χ4n) is 5.38. The van der Waals surface area contributed by atoms with Crippen molar-refractivity contribution in [3.63, 3.8) is 0 Å². The Hall–Kier alpha value is -2.30. The van der Waals surface area contributed by atoms with Gasteiger partial charge in [-0.2, -0.15) is 0 Å². The molecule has 5 rings (SSSR count). The predicted octanol–water partition coefficient (Wildman–Crippen LogP) is 4.80. The second kappa shape index (κ2) is 7.85. The fourth-order valence-corrected chi connectivity index (χ4v) is 5.38. The van der Waals surface area contributed by atoms with Crippen molar-refractivity contribution in [1.82, 2.24) is 4.90 Å². The zero-order chi connectivity index (χ0) is 19.7. The molecular formula is C25H29NO3. The topological polar surface area (TPSA) is 41.9 Å². The number of hydrogen-bond donors (Lipinski definition) is 1. The van der Waals surface area contributed by atoms with Gasteiger partial charge in [0.15, 0.2) is 11.5 Å². The maximum atomic E-state index is 11.4. The van der Waals surface area contributed by atoms with E-state index in [9.17, 15) is 5.11 Å². The predicted molar refractivity (Wildman–Crippen MR) is 114 cm³/mol. The third kappa shape index (κ3) is 3.67. The van der Waals surface area contributed by atoms with E-state index in [0.29, 0.717) is 6.79 Å². The van der Waals surface area contributed by atoms with E-state index in [1.54, 1.807) is 0 Å². The van der Waals surface area contributed by atoms with Crippen LogP contribution < -0.4 is 9.47 Å². The lowest BCUT2D eigenvalue weighted by Gasteiger charge is -2.52. The zero-order valence-electron chi connectivity index (χ0n) is 16.8. The standard InChI is InChI=1S/C25H29NO3/c27-25-13-5-4-10-21(25)24(20-11-12-22-23(17-20)29-18-28-22)26(16-14-25)15-6-9-19-7-2-1-3-8-19/h1-3,6-9,11-12,17,21,24,27H,4-5,10,13-16,18H2/b9-6+/t21-,24-,25+/m0/s1. The first-order valence-electron chi connectivity index (χ1n) is 10.8. The Balaban J connectivity index is 1.43. The van der Waals surface area contributed by atoms with Crippen molar-refractivity contribution in [2.75, 3.05) is 19.9 Å². The summed E-state index contributed by atoms with van der Waals surface area (Å²) in [6, 6.07) is 16.9. The lowest BCUT2D eigenvalue weighted by atomic mass is 9.66. The molecule has 0 radical (unpaired) electrons. The van der Waals surface area contributed by atoms with Crippen molar-refractivity contribution in [2.45, 2.75) is 43.7 Å². The lowest BCUT2D eigenvalue weighted by molar-refractivity contribution is -0.122. The zero-order valence-corrected chi connectivity index (χ0v) is 16.8. The fraction of sp³-hybridized carbons (Fsp3) is 0.440. The minimum atomic E-state index is -0.543. The number of hydrogen-bond acceptors (Lipinski definition) is 4. The molecular weight excluding hydrogens is 362 g/mol. The number of ether oxygens (including phenoxy) is 2. The molecule has 1 aliphatic carbocycles. The molecule has 2 aromatic rings. The number of rotatable bonds is 4. The molecule has 0 spiro atoms. The van der Waals surface area contributed by atoms with Crippen LogP contribution in [0.4, 0.5) is 0 Å².